The third-order valence-corrected chi connectivity index (χ3v) is 15.1. The fraction of sp³-hybridized carbons (Fsp3) is 0.0141. The quantitative estimate of drug-likeness (QED) is 0.146. The number of aromatic nitrogens is 2. The molecule has 12 aromatic rings. The van der Waals surface area contributed by atoms with E-state index in [9.17, 15) is 52.6 Å². The van der Waals surface area contributed by atoms with Crippen LogP contribution in [-0.4, -0.2) is 9.13 Å². The summed E-state index contributed by atoms with van der Waals surface area (Å²) in [4.78, 5) is 0. The van der Waals surface area contributed by atoms with Crippen molar-refractivity contribution in [3.63, 3.8) is 0 Å². The normalized spacial score (nSPS) is 10.8. The molecule has 2 aromatic heterocycles. The molecule has 0 aliphatic carbocycles. The van der Waals surface area contributed by atoms with Crippen molar-refractivity contribution in [3.05, 3.63) is 237 Å². The molecule has 0 atom stereocenters. The molecule has 394 valence electrons. The fourth-order valence-corrected chi connectivity index (χ4v) is 11.3. The van der Waals surface area contributed by atoms with Crippen LogP contribution in [0.3, 0.4) is 0 Å². The molecule has 0 aliphatic rings. The van der Waals surface area contributed by atoms with Crippen molar-refractivity contribution in [1.82, 2.24) is 9.13 Å². The molecule has 0 saturated heterocycles. The molecule has 0 N–H and O–H groups in total. The third kappa shape index (κ3) is 9.09. The number of hydrogen-bond donors (Lipinski definition) is 0. The van der Waals surface area contributed by atoms with E-state index in [1.165, 1.54) is 42.5 Å². The third-order valence-electron chi connectivity index (χ3n) is 15.1. The van der Waals surface area contributed by atoms with E-state index in [-0.39, 0.29) is 72.6 Å². The average Bonchev–Trinajstić information content (AvgIpc) is 1.59. The first-order valence-corrected chi connectivity index (χ1v) is 25.9. The topological polar surface area (TPSA) is 248 Å². The van der Waals surface area contributed by atoms with Gasteiger partial charge in [-0.05, 0) is 171 Å². The predicted octanol–water partition coefficient (Wildman–Crippen LogP) is 16.0. The number of hydrogen-bond acceptors (Lipinski definition) is 10. The van der Waals surface area contributed by atoms with Crippen LogP contribution in [0.15, 0.2) is 176 Å². The average molecular weight is 1110 g/mol. The summed E-state index contributed by atoms with van der Waals surface area (Å²) in [6, 6.07) is 68.0. The van der Waals surface area contributed by atoms with Crippen LogP contribution in [0.5, 0.6) is 0 Å². The molecule has 10 aromatic carbocycles. The molecule has 2 heterocycles. The molecule has 86 heavy (non-hydrogen) atoms. The second kappa shape index (κ2) is 20.9. The van der Waals surface area contributed by atoms with Gasteiger partial charge < -0.3 is 9.13 Å². The van der Waals surface area contributed by atoms with Crippen molar-refractivity contribution >= 4 is 43.6 Å². The van der Waals surface area contributed by atoms with Crippen LogP contribution >= 0.6 is 0 Å². The highest BCUT2D eigenvalue weighted by molar-refractivity contribution is 6.14. The summed E-state index contributed by atoms with van der Waals surface area (Å²) in [5, 5.41) is 105. The Kier molecular flexibility index (Phi) is 12.9. The molecule has 0 aliphatic heterocycles. The molecular weight excluding hydrogens is 1080 g/mol. The lowest BCUT2D eigenvalue weighted by atomic mass is 9.92. The monoisotopic (exact) mass is 1110 g/mol. The van der Waals surface area contributed by atoms with Crippen LogP contribution in [-0.2, 0) is 6.18 Å². The summed E-state index contributed by atoms with van der Waals surface area (Å²) >= 11 is 0. The van der Waals surface area contributed by atoms with E-state index in [4.69, 9.17) is 0 Å². The highest BCUT2D eigenvalue weighted by Gasteiger charge is 2.35. The molecular formula is C71H29F3N12. The van der Waals surface area contributed by atoms with Crippen LogP contribution in [0.25, 0.3) is 111 Å². The van der Waals surface area contributed by atoms with Gasteiger partial charge in [-0.25, -0.2) is 0 Å². The van der Waals surface area contributed by atoms with Crippen molar-refractivity contribution in [2.45, 2.75) is 6.18 Å². The Bertz CT molecular complexity index is 5100. The van der Waals surface area contributed by atoms with Crippen molar-refractivity contribution < 1.29 is 13.2 Å². The van der Waals surface area contributed by atoms with Gasteiger partial charge in [-0.3, -0.25) is 0 Å². The standard InChI is InChI=1S/C71H29F3N12/c72-71(73,74)64-23-40(30-75)1-6-58(64)63-29-70(86-67-26-51(55-19-45(35-80)13-46(20-55)36-81)4-9-61(67)62-10-5-52(27-68(62)86)56-21-47(37-82)14-48(22-56)38-83)69(28-57(63)39-84)85-65-24-49(53-15-41(31-76)11-42(16-53)32-77)2-7-59(65)60-8-3-50(25-66(60)85)54-17-43(33-78)12-44(18-54)34-79/h1-29H. The lowest BCUT2D eigenvalue weighted by Crippen LogP contribution is -2.10. The maximum Gasteiger partial charge on any atom is 0.417 e. The van der Waals surface area contributed by atoms with Crippen molar-refractivity contribution in [1.29, 1.82) is 52.6 Å². The summed E-state index contributed by atoms with van der Waals surface area (Å²) in [6.45, 7) is 0. The fourth-order valence-electron chi connectivity index (χ4n) is 11.3. The predicted molar refractivity (Wildman–Crippen MR) is 314 cm³/mol. The Morgan fingerprint density at radius 2 is 0.547 bits per heavy atom. The Labute approximate surface area is 487 Å². The molecule has 0 saturated carbocycles. The first kappa shape index (κ1) is 53.1. The second-order valence-corrected chi connectivity index (χ2v) is 20.1. The van der Waals surface area contributed by atoms with Crippen LogP contribution in [0.4, 0.5) is 13.2 Å². The van der Waals surface area contributed by atoms with Crippen LogP contribution in [0.2, 0.25) is 0 Å². The zero-order chi connectivity index (χ0) is 60.1. The Hall–Kier alpha value is -13.5. The molecule has 0 bridgehead atoms. The zero-order valence-electron chi connectivity index (χ0n) is 44.2. The summed E-state index contributed by atoms with van der Waals surface area (Å²) in [6.07, 6.45) is -5.03. The Morgan fingerprint density at radius 3 is 0.814 bits per heavy atom. The van der Waals surface area contributed by atoms with Crippen molar-refractivity contribution in [2.75, 3.05) is 0 Å². The van der Waals surface area contributed by atoms with Gasteiger partial charge in [0, 0.05) is 27.1 Å². The zero-order valence-corrected chi connectivity index (χ0v) is 44.2. The molecule has 12 nitrogen and oxygen atoms in total. The number of rotatable bonds is 7. The molecule has 0 spiro atoms. The van der Waals surface area contributed by atoms with Gasteiger partial charge in [-0.1, -0.05) is 54.6 Å². The van der Waals surface area contributed by atoms with E-state index < -0.39 is 17.3 Å². The molecule has 12 rings (SSSR count). The highest BCUT2D eigenvalue weighted by atomic mass is 19.4. The smallest absolute Gasteiger partial charge is 0.307 e. The second-order valence-electron chi connectivity index (χ2n) is 20.1. The first-order chi connectivity index (χ1) is 41.7. The minimum absolute atomic E-state index is 0.164. The van der Waals surface area contributed by atoms with E-state index in [0.717, 1.165) is 12.1 Å². The van der Waals surface area contributed by atoms with E-state index in [1.807, 2.05) is 81.9 Å². The maximum absolute atomic E-state index is 15.5. The molecule has 0 amide bonds. The number of alkyl halides is 3. The van der Waals surface area contributed by atoms with Gasteiger partial charge in [0.05, 0.1) is 155 Å². The minimum atomic E-state index is -5.03. The van der Waals surface area contributed by atoms with Crippen LogP contribution in [0.1, 0.15) is 61.2 Å². The van der Waals surface area contributed by atoms with E-state index >= 15 is 13.2 Å². The first-order valence-electron chi connectivity index (χ1n) is 25.9. The van der Waals surface area contributed by atoms with Crippen molar-refractivity contribution in [3.8, 4) is 128 Å². The van der Waals surface area contributed by atoms with Gasteiger partial charge in [0.1, 0.15) is 0 Å². The minimum Gasteiger partial charge on any atom is -0.307 e. The van der Waals surface area contributed by atoms with Gasteiger partial charge in [-0.15, -0.1) is 0 Å². The summed E-state index contributed by atoms with van der Waals surface area (Å²) in [5.41, 5.74) is 5.97. The SMILES string of the molecule is N#Cc1cc(C#N)cc(-c2ccc3c4ccc(-c5cc(C#N)cc(C#N)c5)cc4n(-c4cc(C#N)c(-c5ccc(C#N)cc5C(F)(F)F)cc4-n4c5cc(-c6cc(C#N)cc(C#N)c6)ccc5c5ccc(-c6cc(C#N)cc(C#N)c6)cc54)c3c2)c1. The lowest BCUT2D eigenvalue weighted by Gasteiger charge is -2.21. The summed E-state index contributed by atoms with van der Waals surface area (Å²) in [5.74, 6) is 0. The van der Waals surface area contributed by atoms with Gasteiger partial charge in [0.25, 0.3) is 0 Å². The van der Waals surface area contributed by atoms with Gasteiger partial charge in [0.2, 0.25) is 0 Å². The van der Waals surface area contributed by atoms with E-state index in [1.54, 1.807) is 54.6 Å². The van der Waals surface area contributed by atoms with Gasteiger partial charge >= 0.3 is 6.18 Å². The number of benzene rings is 10. The van der Waals surface area contributed by atoms with Gasteiger partial charge in [0.15, 0.2) is 0 Å². The molecule has 0 fully saturated rings. The highest BCUT2D eigenvalue weighted by Crippen LogP contribution is 2.46. The Balaban J connectivity index is 1.30. The van der Waals surface area contributed by atoms with Crippen LogP contribution < -0.4 is 0 Å². The van der Waals surface area contributed by atoms with E-state index in [0.29, 0.717) is 88.1 Å². The molecule has 0 radical (unpaired) electrons. The molecule has 15 heteroatoms. The van der Waals surface area contributed by atoms with Gasteiger partial charge in [-0.2, -0.15) is 65.8 Å². The largest absolute Gasteiger partial charge is 0.417 e. The number of nitrogens with zero attached hydrogens (tertiary/aromatic N) is 12. The Morgan fingerprint density at radius 1 is 0.256 bits per heavy atom. The van der Waals surface area contributed by atoms with Crippen LogP contribution in [0, 0.1) is 113 Å². The van der Waals surface area contributed by atoms with Crippen molar-refractivity contribution in [2.24, 2.45) is 0 Å². The summed E-state index contributed by atoms with van der Waals surface area (Å²) in [7, 11) is 0. The lowest BCUT2D eigenvalue weighted by molar-refractivity contribution is -0.137. The number of nitriles is 10. The maximum atomic E-state index is 15.5. The van der Waals surface area contributed by atoms with E-state index in [2.05, 4.69) is 54.6 Å². The number of fused-ring (bicyclic) bond motifs is 6. The summed E-state index contributed by atoms with van der Waals surface area (Å²) < 4.78 is 50.3. The molecule has 0 unspecified atom stereocenters. The number of halogens is 3.